The second kappa shape index (κ2) is 10.1. The fourth-order valence-electron chi connectivity index (χ4n) is 3.51. The van der Waals surface area contributed by atoms with Gasteiger partial charge in [0.15, 0.2) is 0 Å². The molecule has 1 unspecified atom stereocenters. The highest BCUT2D eigenvalue weighted by Crippen LogP contribution is 2.26. The zero-order valence-electron chi connectivity index (χ0n) is 16.4. The number of aryl methyl sites for hydroxylation is 1. The van der Waals surface area contributed by atoms with E-state index in [0.29, 0.717) is 0 Å². The zero-order chi connectivity index (χ0) is 21.5. The number of nitrogens with zero attached hydrogens (tertiary/aromatic N) is 1. The quantitative estimate of drug-likeness (QED) is 0.480. The molecule has 0 bridgehead atoms. The normalized spacial score (nSPS) is 13.7. The van der Waals surface area contributed by atoms with E-state index in [1.165, 1.54) is 5.56 Å². The maximum Gasteiger partial charge on any atom is 0.312 e. The van der Waals surface area contributed by atoms with Gasteiger partial charge in [-0.1, -0.05) is 46.3 Å². The largest absolute Gasteiger partial charge is 0.362 e. The number of carbonyl (C=O) groups is 3. The van der Waals surface area contributed by atoms with E-state index in [-0.39, 0.29) is 18.9 Å². The number of nitrogens with two attached hydrogens (primary N) is 1. The number of carbonyl (C=O) groups excluding carboxylic acids is 3. The predicted molar refractivity (Wildman–Crippen MR) is 117 cm³/mol. The maximum absolute atomic E-state index is 12.3. The third-order valence-electron chi connectivity index (χ3n) is 4.84. The number of anilines is 1. The van der Waals surface area contributed by atoms with Crippen LogP contribution in [-0.4, -0.2) is 30.9 Å². The van der Waals surface area contributed by atoms with Gasteiger partial charge in [0, 0.05) is 16.7 Å². The second-order valence-corrected chi connectivity index (χ2v) is 7.99. The summed E-state index contributed by atoms with van der Waals surface area (Å²) in [6.07, 6.45) is 1.89. The summed E-state index contributed by atoms with van der Waals surface area (Å²) in [5.41, 5.74) is 13.1. The fourth-order valence-corrected chi connectivity index (χ4v) is 3.93. The molecule has 3 rings (SSSR count). The number of halogens is 1. The summed E-state index contributed by atoms with van der Waals surface area (Å²) in [6, 6.07) is 13.9. The van der Waals surface area contributed by atoms with E-state index >= 15 is 0 Å². The fraction of sp³-hybridized carbons (Fsp3) is 0.286. The van der Waals surface area contributed by atoms with E-state index in [1.54, 1.807) is 18.2 Å². The highest BCUT2D eigenvalue weighted by Gasteiger charge is 2.20. The van der Waals surface area contributed by atoms with Crippen molar-refractivity contribution in [3.05, 3.63) is 64.1 Å². The Bertz CT molecular complexity index is 936. The first-order chi connectivity index (χ1) is 14.4. The third-order valence-corrected chi connectivity index (χ3v) is 5.33. The minimum atomic E-state index is -0.736. The molecule has 1 aliphatic heterocycles. The molecular weight excluding hydrogens is 450 g/mol. The van der Waals surface area contributed by atoms with Crippen LogP contribution in [0.1, 0.15) is 30.0 Å². The highest BCUT2D eigenvalue weighted by atomic mass is 79.9. The van der Waals surface area contributed by atoms with Crippen molar-refractivity contribution in [2.45, 2.75) is 25.3 Å². The number of amides is 4. The van der Waals surface area contributed by atoms with Crippen LogP contribution in [-0.2, 0) is 16.0 Å². The van der Waals surface area contributed by atoms with Crippen LogP contribution >= 0.6 is 15.9 Å². The lowest BCUT2D eigenvalue weighted by Gasteiger charge is -2.30. The molecule has 158 valence electrons. The van der Waals surface area contributed by atoms with Gasteiger partial charge in [-0.15, -0.1) is 0 Å². The van der Waals surface area contributed by atoms with Crippen molar-refractivity contribution in [1.29, 1.82) is 0 Å². The van der Waals surface area contributed by atoms with Gasteiger partial charge < -0.3 is 16.0 Å². The molecule has 0 radical (unpaired) electrons. The van der Waals surface area contributed by atoms with Crippen LogP contribution < -0.4 is 26.8 Å². The van der Waals surface area contributed by atoms with Crippen molar-refractivity contribution >= 4 is 39.5 Å². The van der Waals surface area contributed by atoms with Crippen molar-refractivity contribution in [2.75, 3.05) is 18.0 Å². The van der Waals surface area contributed by atoms with Gasteiger partial charge in [-0.3, -0.25) is 20.4 Å². The first-order valence-corrected chi connectivity index (χ1v) is 10.4. The standard InChI is InChI=1S/C21H24BrN5O3/c22-16-8-3-6-15(11-16)17(24-21(23)30)12-19(28)25-26-20(29)13-27-10-4-7-14-5-1-2-9-18(14)27/h1-3,5-6,8-9,11,17H,4,7,10,12-13H2,(H,25,28)(H,26,29)(H3,23,24,30). The molecule has 4 amide bonds. The summed E-state index contributed by atoms with van der Waals surface area (Å²) >= 11 is 3.37. The van der Waals surface area contributed by atoms with Crippen LogP contribution in [0.25, 0.3) is 0 Å². The van der Waals surface area contributed by atoms with Gasteiger partial charge in [-0.2, -0.15) is 0 Å². The van der Waals surface area contributed by atoms with E-state index in [9.17, 15) is 14.4 Å². The topological polar surface area (TPSA) is 117 Å². The predicted octanol–water partition coefficient (Wildman–Crippen LogP) is 2.15. The first kappa shape index (κ1) is 21.6. The molecule has 5 N–H and O–H groups in total. The Balaban J connectivity index is 1.54. The summed E-state index contributed by atoms with van der Waals surface area (Å²) in [7, 11) is 0. The Morgan fingerprint density at radius 1 is 1.07 bits per heavy atom. The number of para-hydroxylation sites is 1. The third kappa shape index (κ3) is 5.96. The highest BCUT2D eigenvalue weighted by molar-refractivity contribution is 9.10. The van der Waals surface area contributed by atoms with Gasteiger partial charge in [-0.25, -0.2) is 4.79 Å². The number of primary amides is 1. The van der Waals surface area contributed by atoms with E-state index in [0.717, 1.165) is 35.1 Å². The van der Waals surface area contributed by atoms with Crippen LogP contribution in [0.2, 0.25) is 0 Å². The Morgan fingerprint density at radius 3 is 2.60 bits per heavy atom. The van der Waals surface area contributed by atoms with Crippen molar-refractivity contribution < 1.29 is 14.4 Å². The summed E-state index contributed by atoms with van der Waals surface area (Å²) in [5.74, 6) is -0.761. The Hall–Kier alpha value is -3.07. The van der Waals surface area contributed by atoms with Crippen LogP contribution in [0.15, 0.2) is 53.0 Å². The maximum atomic E-state index is 12.3. The van der Waals surface area contributed by atoms with Gasteiger partial charge in [0.1, 0.15) is 0 Å². The number of nitrogens with one attached hydrogen (secondary N) is 3. The molecule has 0 spiro atoms. The van der Waals surface area contributed by atoms with Crippen molar-refractivity contribution in [3.8, 4) is 0 Å². The van der Waals surface area contributed by atoms with Crippen LogP contribution in [0.3, 0.4) is 0 Å². The molecule has 30 heavy (non-hydrogen) atoms. The van der Waals surface area contributed by atoms with E-state index in [2.05, 4.69) is 38.2 Å². The lowest BCUT2D eigenvalue weighted by atomic mass is 10.0. The Labute approximate surface area is 183 Å². The van der Waals surface area contributed by atoms with E-state index < -0.39 is 18.0 Å². The average Bonchev–Trinajstić information content (AvgIpc) is 2.72. The number of hydrazine groups is 1. The van der Waals surface area contributed by atoms with Crippen molar-refractivity contribution in [2.24, 2.45) is 5.73 Å². The van der Waals surface area contributed by atoms with Gasteiger partial charge in [0.05, 0.1) is 19.0 Å². The van der Waals surface area contributed by atoms with Gasteiger partial charge >= 0.3 is 6.03 Å². The van der Waals surface area contributed by atoms with Crippen LogP contribution in [0.4, 0.5) is 10.5 Å². The monoisotopic (exact) mass is 473 g/mol. The van der Waals surface area contributed by atoms with E-state index in [1.807, 2.05) is 29.2 Å². The molecule has 8 nitrogen and oxygen atoms in total. The molecule has 1 atom stereocenters. The number of fused-ring (bicyclic) bond motifs is 1. The molecule has 0 saturated heterocycles. The summed E-state index contributed by atoms with van der Waals surface area (Å²) in [6.45, 7) is 0.928. The number of rotatable bonds is 6. The van der Waals surface area contributed by atoms with Crippen molar-refractivity contribution in [1.82, 2.24) is 16.2 Å². The summed E-state index contributed by atoms with van der Waals surface area (Å²) < 4.78 is 0.812. The average molecular weight is 474 g/mol. The van der Waals surface area contributed by atoms with Gasteiger partial charge in [-0.05, 0) is 42.2 Å². The summed E-state index contributed by atoms with van der Waals surface area (Å²) in [5, 5.41) is 2.55. The minimum absolute atomic E-state index is 0.0772. The zero-order valence-corrected chi connectivity index (χ0v) is 17.9. The number of hydrogen-bond acceptors (Lipinski definition) is 4. The molecule has 1 heterocycles. The summed E-state index contributed by atoms with van der Waals surface area (Å²) in [4.78, 5) is 38.0. The van der Waals surface area contributed by atoms with E-state index in [4.69, 9.17) is 5.73 Å². The Kier molecular flexibility index (Phi) is 7.29. The lowest BCUT2D eigenvalue weighted by Crippen LogP contribution is -2.48. The van der Waals surface area contributed by atoms with Crippen LogP contribution in [0, 0.1) is 0 Å². The van der Waals surface area contributed by atoms with Gasteiger partial charge in [0.2, 0.25) is 5.91 Å². The molecule has 9 heteroatoms. The molecule has 1 aliphatic rings. The van der Waals surface area contributed by atoms with Crippen molar-refractivity contribution in [3.63, 3.8) is 0 Å². The number of benzene rings is 2. The lowest BCUT2D eigenvalue weighted by molar-refractivity contribution is -0.128. The van der Waals surface area contributed by atoms with Gasteiger partial charge in [0.25, 0.3) is 5.91 Å². The first-order valence-electron chi connectivity index (χ1n) is 9.64. The molecule has 2 aromatic carbocycles. The SMILES string of the molecule is NC(=O)NC(CC(=O)NNC(=O)CN1CCCc2ccccc21)c1cccc(Br)c1. The smallest absolute Gasteiger partial charge is 0.312 e. The molecule has 2 aromatic rings. The molecule has 0 fully saturated rings. The number of hydrogen-bond donors (Lipinski definition) is 4. The minimum Gasteiger partial charge on any atom is -0.362 e. The molecular formula is C21H24BrN5O3. The number of urea groups is 1. The molecule has 0 aromatic heterocycles. The molecule has 0 saturated carbocycles. The second-order valence-electron chi connectivity index (χ2n) is 7.07. The molecule has 0 aliphatic carbocycles. The Morgan fingerprint density at radius 2 is 1.83 bits per heavy atom. The van der Waals surface area contributed by atoms with Crippen LogP contribution in [0.5, 0.6) is 0 Å².